The van der Waals surface area contributed by atoms with Gasteiger partial charge in [-0.1, -0.05) is 23.7 Å². The van der Waals surface area contributed by atoms with E-state index in [2.05, 4.69) is 15.2 Å². The van der Waals surface area contributed by atoms with Crippen molar-refractivity contribution >= 4 is 53.7 Å². The van der Waals surface area contributed by atoms with E-state index < -0.39 is 0 Å². The highest BCUT2D eigenvalue weighted by atomic mass is 35.5. The van der Waals surface area contributed by atoms with Crippen LogP contribution in [0, 0.1) is 6.92 Å². The Kier molecular flexibility index (Phi) is 7.34. The Labute approximate surface area is 175 Å². The van der Waals surface area contributed by atoms with Gasteiger partial charge >= 0.3 is 0 Å². The Balaban J connectivity index is 0.00000121. The third kappa shape index (κ3) is 4.02. The van der Waals surface area contributed by atoms with Gasteiger partial charge in [0, 0.05) is 29.2 Å². The van der Waals surface area contributed by atoms with Crippen LogP contribution in [0.15, 0.2) is 24.3 Å². The fraction of sp³-hybridized carbons (Fsp3) is 0.444. The summed E-state index contributed by atoms with van der Waals surface area (Å²) in [4.78, 5) is 20.7. The van der Waals surface area contributed by atoms with Crippen LogP contribution in [0.2, 0.25) is 5.02 Å². The molecule has 26 heavy (non-hydrogen) atoms. The van der Waals surface area contributed by atoms with Gasteiger partial charge in [0.15, 0.2) is 0 Å². The third-order valence-corrected chi connectivity index (χ3v) is 6.42. The van der Waals surface area contributed by atoms with Gasteiger partial charge in [-0.2, -0.15) is 0 Å². The highest BCUT2D eigenvalue weighted by Gasteiger charge is 2.39. The fourth-order valence-electron chi connectivity index (χ4n) is 3.74. The molecule has 2 fully saturated rings. The summed E-state index contributed by atoms with van der Waals surface area (Å²) in [6.45, 7) is 3.84. The minimum absolute atomic E-state index is 0. The Hall–Kier alpha value is -0.850. The molecule has 1 amide bonds. The van der Waals surface area contributed by atoms with Crippen LogP contribution in [0.25, 0.3) is 10.6 Å². The Bertz CT molecular complexity index is 752. The Morgan fingerprint density at radius 2 is 1.88 bits per heavy atom. The maximum Gasteiger partial charge on any atom is 0.266 e. The molecule has 0 saturated carbocycles. The lowest BCUT2D eigenvalue weighted by atomic mass is 10.1. The first-order valence-electron chi connectivity index (χ1n) is 8.40. The number of rotatable bonds is 2. The van der Waals surface area contributed by atoms with Crippen LogP contribution in [0.1, 0.15) is 34.6 Å². The van der Waals surface area contributed by atoms with E-state index in [-0.39, 0.29) is 30.7 Å². The van der Waals surface area contributed by atoms with E-state index in [0.717, 1.165) is 53.5 Å². The van der Waals surface area contributed by atoms with Crippen molar-refractivity contribution < 1.29 is 4.79 Å². The normalized spacial score (nSPS) is 21.5. The number of nitrogens with one attached hydrogen (secondary N) is 1. The number of carbonyl (C=O) groups excluding carboxylic acids is 1. The molecule has 0 radical (unpaired) electrons. The van der Waals surface area contributed by atoms with Crippen LogP contribution >= 0.6 is 47.8 Å². The number of benzene rings is 1. The van der Waals surface area contributed by atoms with Crippen molar-refractivity contribution in [3.05, 3.63) is 39.9 Å². The summed E-state index contributed by atoms with van der Waals surface area (Å²) in [5, 5.41) is 5.04. The van der Waals surface area contributed by atoms with Gasteiger partial charge < -0.3 is 10.2 Å². The van der Waals surface area contributed by atoms with Crippen LogP contribution in [0.3, 0.4) is 0 Å². The van der Waals surface area contributed by atoms with Gasteiger partial charge in [-0.3, -0.25) is 4.79 Å². The standard InChI is InChI=1S/C18H20ClN3OS.2ClH/c1-11-16(24-17(21-11)12-2-4-13(19)5-3-12)18(23)22-14-6-7-15(22)10-20-9-8-14;;/h2-5,14-15,20H,6-10H2,1H3;2*1H. The summed E-state index contributed by atoms with van der Waals surface area (Å²) in [7, 11) is 0. The van der Waals surface area contributed by atoms with Gasteiger partial charge in [-0.25, -0.2) is 4.98 Å². The summed E-state index contributed by atoms with van der Waals surface area (Å²) in [6.07, 6.45) is 3.27. The molecule has 2 unspecified atom stereocenters. The number of fused-ring (bicyclic) bond motifs is 2. The van der Waals surface area contributed by atoms with Crippen LogP contribution in [-0.4, -0.2) is 41.0 Å². The number of hydrogen-bond donors (Lipinski definition) is 1. The van der Waals surface area contributed by atoms with Crippen LogP contribution < -0.4 is 5.32 Å². The number of halogens is 3. The van der Waals surface area contributed by atoms with Gasteiger partial charge in [-0.15, -0.1) is 36.2 Å². The van der Waals surface area contributed by atoms with Crippen LogP contribution in [0.5, 0.6) is 0 Å². The first-order valence-corrected chi connectivity index (χ1v) is 9.59. The molecule has 2 aliphatic heterocycles. The largest absolute Gasteiger partial charge is 0.331 e. The SMILES string of the molecule is Cc1nc(-c2ccc(Cl)cc2)sc1C(=O)N1C2CCNCC1CC2.Cl.Cl. The lowest BCUT2D eigenvalue weighted by Gasteiger charge is -2.27. The number of nitrogens with zero attached hydrogens (tertiary/aromatic N) is 2. The molecule has 0 aliphatic carbocycles. The van der Waals surface area contributed by atoms with Crippen molar-refractivity contribution in [2.75, 3.05) is 13.1 Å². The second-order valence-corrected chi connectivity index (χ2v) is 7.97. The maximum absolute atomic E-state index is 13.2. The number of carbonyl (C=O) groups is 1. The van der Waals surface area contributed by atoms with E-state index in [0.29, 0.717) is 17.1 Å². The quantitative estimate of drug-likeness (QED) is 0.752. The molecule has 2 aliphatic rings. The van der Waals surface area contributed by atoms with Gasteiger partial charge in [0.25, 0.3) is 5.91 Å². The second-order valence-electron chi connectivity index (χ2n) is 6.53. The van der Waals surface area contributed by atoms with Gasteiger partial charge in [0.1, 0.15) is 9.88 Å². The highest BCUT2D eigenvalue weighted by molar-refractivity contribution is 7.17. The zero-order valence-corrected chi connectivity index (χ0v) is 17.6. The fourth-order valence-corrected chi connectivity index (χ4v) is 4.88. The topological polar surface area (TPSA) is 45.2 Å². The molecule has 2 atom stereocenters. The number of hydrogen-bond acceptors (Lipinski definition) is 4. The molecule has 4 rings (SSSR count). The highest BCUT2D eigenvalue weighted by Crippen LogP contribution is 2.34. The summed E-state index contributed by atoms with van der Waals surface area (Å²) < 4.78 is 0. The lowest BCUT2D eigenvalue weighted by Crippen LogP contribution is -2.42. The van der Waals surface area contributed by atoms with Crippen molar-refractivity contribution in [3.8, 4) is 10.6 Å². The average Bonchev–Trinajstić information content (AvgIpc) is 3.06. The summed E-state index contributed by atoms with van der Waals surface area (Å²) >= 11 is 7.45. The van der Waals surface area contributed by atoms with E-state index in [1.54, 1.807) is 0 Å². The van der Waals surface area contributed by atoms with Crippen molar-refractivity contribution in [2.45, 2.75) is 38.3 Å². The first-order chi connectivity index (χ1) is 11.6. The molecule has 4 nitrogen and oxygen atoms in total. The summed E-state index contributed by atoms with van der Waals surface area (Å²) in [5.41, 5.74) is 1.83. The summed E-state index contributed by atoms with van der Waals surface area (Å²) in [5.74, 6) is 0.154. The molecule has 2 saturated heterocycles. The van der Waals surface area contributed by atoms with Crippen molar-refractivity contribution in [2.24, 2.45) is 0 Å². The van der Waals surface area contributed by atoms with Gasteiger partial charge in [0.2, 0.25) is 0 Å². The monoisotopic (exact) mass is 433 g/mol. The zero-order chi connectivity index (χ0) is 16.7. The lowest BCUT2D eigenvalue weighted by molar-refractivity contribution is 0.0684. The maximum atomic E-state index is 13.2. The predicted octanol–water partition coefficient (Wildman–Crippen LogP) is 4.58. The minimum Gasteiger partial charge on any atom is -0.331 e. The van der Waals surface area contributed by atoms with Gasteiger partial charge in [0.05, 0.1) is 5.69 Å². The Morgan fingerprint density at radius 3 is 2.62 bits per heavy atom. The molecular formula is C18H22Cl3N3OS. The molecule has 1 aromatic heterocycles. The third-order valence-electron chi connectivity index (χ3n) is 4.97. The first kappa shape index (κ1) is 21.5. The molecule has 142 valence electrons. The smallest absolute Gasteiger partial charge is 0.266 e. The van der Waals surface area contributed by atoms with E-state index in [9.17, 15) is 4.79 Å². The van der Waals surface area contributed by atoms with E-state index in [4.69, 9.17) is 11.6 Å². The molecular weight excluding hydrogens is 413 g/mol. The van der Waals surface area contributed by atoms with Crippen LogP contribution in [0.4, 0.5) is 0 Å². The minimum atomic E-state index is 0. The molecule has 1 aromatic carbocycles. The molecule has 2 aromatic rings. The molecule has 1 N–H and O–H groups in total. The van der Waals surface area contributed by atoms with E-state index >= 15 is 0 Å². The van der Waals surface area contributed by atoms with Crippen LogP contribution in [-0.2, 0) is 0 Å². The number of aryl methyl sites for hydroxylation is 1. The van der Waals surface area contributed by atoms with Crippen molar-refractivity contribution in [1.82, 2.24) is 15.2 Å². The predicted molar refractivity (Wildman–Crippen MR) is 112 cm³/mol. The summed E-state index contributed by atoms with van der Waals surface area (Å²) in [6, 6.07) is 8.32. The Morgan fingerprint density at radius 1 is 1.19 bits per heavy atom. The number of thiazole rings is 1. The molecule has 2 bridgehead atoms. The van der Waals surface area contributed by atoms with E-state index in [1.807, 2.05) is 31.2 Å². The number of amides is 1. The van der Waals surface area contributed by atoms with Crippen molar-refractivity contribution in [1.29, 1.82) is 0 Å². The zero-order valence-electron chi connectivity index (χ0n) is 14.4. The molecule has 0 spiro atoms. The number of aromatic nitrogens is 1. The van der Waals surface area contributed by atoms with Crippen molar-refractivity contribution in [3.63, 3.8) is 0 Å². The average molecular weight is 435 g/mol. The molecule has 8 heteroatoms. The van der Waals surface area contributed by atoms with Gasteiger partial charge in [-0.05, 0) is 44.9 Å². The second kappa shape index (κ2) is 8.89. The molecule has 3 heterocycles. The van der Waals surface area contributed by atoms with E-state index in [1.165, 1.54) is 11.3 Å².